The first-order chi connectivity index (χ1) is 10.1. The van der Waals surface area contributed by atoms with Crippen LogP contribution in [0.3, 0.4) is 0 Å². The normalized spacial score (nSPS) is 15.1. The van der Waals surface area contributed by atoms with Crippen LogP contribution in [0.1, 0.15) is 38.2 Å². The van der Waals surface area contributed by atoms with E-state index in [0.29, 0.717) is 18.2 Å². The molecule has 1 aliphatic carbocycles. The van der Waals surface area contributed by atoms with Crippen molar-refractivity contribution in [3.63, 3.8) is 0 Å². The Bertz CT molecular complexity index is 615. The van der Waals surface area contributed by atoms with Crippen LogP contribution in [-0.4, -0.2) is 38.2 Å². The summed E-state index contributed by atoms with van der Waals surface area (Å²) < 4.78 is 24.8. The topological polar surface area (TPSA) is 61.2 Å². The number of nitriles is 1. The zero-order chi connectivity index (χ0) is 15.3. The van der Waals surface area contributed by atoms with E-state index in [0.717, 1.165) is 19.4 Å². The van der Waals surface area contributed by atoms with Gasteiger partial charge in [-0.05, 0) is 44.0 Å². The van der Waals surface area contributed by atoms with Crippen LogP contribution in [0.4, 0.5) is 0 Å². The fraction of sp³-hybridized carbons (Fsp3) is 0.562. The van der Waals surface area contributed by atoms with Gasteiger partial charge >= 0.3 is 0 Å². The lowest BCUT2D eigenvalue weighted by Gasteiger charge is -2.21. The molecule has 1 fully saturated rings. The molecule has 0 unspecified atom stereocenters. The fourth-order valence-electron chi connectivity index (χ4n) is 2.39. The van der Waals surface area contributed by atoms with E-state index in [4.69, 9.17) is 5.26 Å². The molecule has 0 spiro atoms. The molecule has 0 radical (unpaired) electrons. The molecule has 21 heavy (non-hydrogen) atoms. The molecule has 5 heteroatoms. The van der Waals surface area contributed by atoms with Crippen LogP contribution in [0.15, 0.2) is 29.2 Å². The van der Waals surface area contributed by atoms with Crippen molar-refractivity contribution >= 4 is 9.84 Å². The van der Waals surface area contributed by atoms with Gasteiger partial charge in [-0.3, -0.25) is 4.90 Å². The van der Waals surface area contributed by atoms with Crippen LogP contribution in [0.25, 0.3) is 0 Å². The predicted octanol–water partition coefficient (Wildman–Crippen LogP) is 2.60. The van der Waals surface area contributed by atoms with Gasteiger partial charge in [0, 0.05) is 12.6 Å². The summed E-state index contributed by atoms with van der Waals surface area (Å²) in [5.74, 6) is 0.127. The Kier molecular flexibility index (Phi) is 5.38. The van der Waals surface area contributed by atoms with Gasteiger partial charge in [0.15, 0.2) is 9.84 Å². The average molecular weight is 306 g/mol. The Labute approximate surface area is 127 Å². The minimum Gasteiger partial charge on any atom is -0.299 e. The van der Waals surface area contributed by atoms with Gasteiger partial charge in [0.1, 0.15) is 0 Å². The molecule has 0 N–H and O–H groups in total. The summed E-state index contributed by atoms with van der Waals surface area (Å²) in [4.78, 5) is 2.56. The Morgan fingerprint density at radius 3 is 2.71 bits per heavy atom. The van der Waals surface area contributed by atoms with Crippen molar-refractivity contribution < 1.29 is 8.42 Å². The first kappa shape index (κ1) is 16.0. The van der Waals surface area contributed by atoms with Crippen LogP contribution in [0.2, 0.25) is 0 Å². The monoisotopic (exact) mass is 306 g/mol. The van der Waals surface area contributed by atoms with Gasteiger partial charge in [0.05, 0.1) is 22.3 Å². The number of sulfone groups is 1. The summed E-state index contributed by atoms with van der Waals surface area (Å²) in [6.07, 6.45) is 4.61. The van der Waals surface area contributed by atoms with E-state index < -0.39 is 9.84 Å². The number of nitrogens with zero attached hydrogens (tertiary/aromatic N) is 2. The van der Waals surface area contributed by atoms with E-state index >= 15 is 0 Å². The predicted molar refractivity (Wildman–Crippen MR) is 82.7 cm³/mol. The molecule has 1 saturated carbocycles. The molecule has 0 atom stereocenters. The van der Waals surface area contributed by atoms with Crippen molar-refractivity contribution in [1.29, 1.82) is 5.26 Å². The average Bonchev–Trinajstić information content (AvgIpc) is 3.32. The molecule has 1 aliphatic rings. The van der Waals surface area contributed by atoms with Gasteiger partial charge in [-0.25, -0.2) is 8.42 Å². The quantitative estimate of drug-likeness (QED) is 0.740. The number of unbranched alkanes of at least 4 members (excludes halogenated alkanes) is 1. The summed E-state index contributed by atoms with van der Waals surface area (Å²) in [5, 5.41) is 8.87. The maximum atomic E-state index is 12.4. The standard InChI is InChI=1S/C16H22N2O2S/c1-2-3-9-18(15-7-8-15)10-11-21(19,20)16-6-4-5-14(12-16)13-17/h4-6,12,15H,2-3,7-11H2,1H3. The summed E-state index contributed by atoms with van der Waals surface area (Å²) in [5.41, 5.74) is 0.390. The summed E-state index contributed by atoms with van der Waals surface area (Å²) in [6.45, 7) is 3.72. The smallest absolute Gasteiger partial charge is 0.179 e. The number of hydrogen-bond donors (Lipinski definition) is 0. The van der Waals surface area contributed by atoms with E-state index in [1.807, 2.05) is 6.07 Å². The lowest BCUT2D eigenvalue weighted by molar-refractivity contribution is 0.274. The highest BCUT2D eigenvalue weighted by molar-refractivity contribution is 7.91. The summed E-state index contributed by atoms with van der Waals surface area (Å²) in [6, 6.07) is 8.85. The minimum absolute atomic E-state index is 0.127. The molecular weight excluding hydrogens is 284 g/mol. The summed E-state index contributed by atoms with van der Waals surface area (Å²) in [7, 11) is -3.31. The first-order valence-corrected chi connectivity index (χ1v) is 9.19. The van der Waals surface area contributed by atoms with Crippen molar-refractivity contribution in [3.8, 4) is 6.07 Å². The highest BCUT2D eigenvalue weighted by Gasteiger charge is 2.29. The van der Waals surface area contributed by atoms with Crippen LogP contribution in [0, 0.1) is 11.3 Å². The van der Waals surface area contributed by atoms with Crippen molar-refractivity contribution in [3.05, 3.63) is 29.8 Å². The molecule has 0 aromatic heterocycles. The lowest BCUT2D eigenvalue weighted by atomic mass is 10.2. The highest BCUT2D eigenvalue weighted by atomic mass is 32.2. The SMILES string of the molecule is CCCCN(CCS(=O)(=O)c1cccc(C#N)c1)C1CC1. The third-order valence-corrected chi connectivity index (χ3v) is 5.52. The zero-order valence-corrected chi connectivity index (χ0v) is 13.3. The van der Waals surface area contributed by atoms with Gasteiger partial charge in [-0.1, -0.05) is 19.4 Å². The van der Waals surface area contributed by atoms with E-state index in [-0.39, 0.29) is 10.6 Å². The van der Waals surface area contributed by atoms with Crippen LogP contribution in [-0.2, 0) is 9.84 Å². The maximum absolute atomic E-state index is 12.4. The molecule has 0 aliphatic heterocycles. The molecule has 0 heterocycles. The molecule has 4 nitrogen and oxygen atoms in total. The van der Waals surface area contributed by atoms with Crippen molar-refractivity contribution in [2.45, 2.75) is 43.5 Å². The Morgan fingerprint density at radius 2 is 2.10 bits per heavy atom. The second-order valence-electron chi connectivity index (χ2n) is 5.58. The van der Waals surface area contributed by atoms with Crippen molar-refractivity contribution in [2.24, 2.45) is 0 Å². The maximum Gasteiger partial charge on any atom is 0.179 e. The van der Waals surface area contributed by atoms with E-state index in [9.17, 15) is 8.42 Å². The molecule has 1 aromatic rings. The largest absolute Gasteiger partial charge is 0.299 e. The number of benzene rings is 1. The fourth-order valence-corrected chi connectivity index (χ4v) is 3.70. The molecule has 1 aromatic carbocycles. The molecule has 0 saturated heterocycles. The second kappa shape index (κ2) is 7.06. The van der Waals surface area contributed by atoms with Gasteiger partial charge in [-0.2, -0.15) is 5.26 Å². The molecular formula is C16H22N2O2S. The number of rotatable bonds is 8. The molecule has 0 amide bonds. The van der Waals surface area contributed by atoms with Gasteiger partial charge in [0.25, 0.3) is 0 Å². The highest BCUT2D eigenvalue weighted by Crippen LogP contribution is 2.27. The Balaban J connectivity index is 2.01. The van der Waals surface area contributed by atoms with E-state index in [2.05, 4.69) is 11.8 Å². The number of hydrogen-bond acceptors (Lipinski definition) is 4. The minimum atomic E-state index is -3.31. The third kappa shape index (κ3) is 4.55. The molecule has 0 bridgehead atoms. The van der Waals surface area contributed by atoms with Crippen molar-refractivity contribution in [1.82, 2.24) is 4.90 Å². The lowest BCUT2D eigenvalue weighted by Crippen LogP contribution is -2.32. The third-order valence-electron chi connectivity index (χ3n) is 3.83. The van der Waals surface area contributed by atoms with Gasteiger partial charge < -0.3 is 0 Å². The summed E-state index contributed by atoms with van der Waals surface area (Å²) >= 11 is 0. The van der Waals surface area contributed by atoms with Gasteiger partial charge in [0.2, 0.25) is 0 Å². The molecule has 2 rings (SSSR count). The van der Waals surface area contributed by atoms with Crippen LogP contribution >= 0.6 is 0 Å². The van der Waals surface area contributed by atoms with E-state index in [1.54, 1.807) is 18.2 Å². The Hall–Kier alpha value is -1.38. The van der Waals surface area contributed by atoms with Crippen molar-refractivity contribution in [2.75, 3.05) is 18.8 Å². The zero-order valence-electron chi connectivity index (χ0n) is 12.5. The van der Waals surface area contributed by atoms with E-state index in [1.165, 1.54) is 18.9 Å². The van der Waals surface area contributed by atoms with Gasteiger partial charge in [-0.15, -0.1) is 0 Å². The first-order valence-electron chi connectivity index (χ1n) is 7.54. The second-order valence-corrected chi connectivity index (χ2v) is 7.69. The van der Waals surface area contributed by atoms with Crippen LogP contribution < -0.4 is 0 Å². The Morgan fingerprint density at radius 1 is 1.33 bits per heavy atom. The van der Waals surface area contributed by atoms with Crippen LogP contribution in [0.5, 0.6) is 0 Å². The molecule has 114 valence electrons.